The predicted octanol–water partition coefficient (Wildman–Crippen LogP) is 1.57. The third-order valence-electron chi connectivity index (χ3n) is 2.03. The fourth-order valence-corrected chi connectivity index (χ4v) is 0.765. The highest BCUT2D eigenvalue weighted by Crippen LogP contribution is 2.05. The lowest BCUT2D eigenvalue weighted by atomic mass is 10.1. The third kappa shape index (κ3) is 6.40. The molecular formula is C9H20N2O2. The summed E-state index contributed by atoms with van der Waals surface area (Å²) in [6, 6.07) is 0. The van der Waals surface area contributed by atoms with E-state index in [0.29, 0.717) is 18.9 Å². The molecule has 1 unspecified atom stereocenters. The Hall–Kier alpha value is -0.770. The molecular weight excluding hydrogens is 168 g/mol. The van der Waals surface area contributed by atoms with Gasteiger partial charge in [-0.3, -0.25) is 0 Å². The van der Waals surface area contributed by atoms with Crippen LogP contribution in [0.5, 0.6) is 0 Å². The fraction of sp³-hybridized carbons (Fsp3) is 0.889. The molecule has 0 aromatic rings. The van der Waals surface area contributed by atoms with Gasteiger partial charge in [-0.1, -0.05) is 19.0 Å². The van der Waals surface area contributed by atoms with Gasteiger partial charge in [-0.05, 0) is 19.3 Å². The van der Waals surface area contributed by atoms with Crippen molar-refractivity contribution in [3.8, 4) is 0 Å². The van der Waals surface area contributed by atoms with Crippen LogP contribution in [0.3, 0.4) is 0 Å². The number of hydrogen-bond acceptors (Lipinski definition) is 3. The van der Waals surface area contributed by atoms with Crippen molar-refractivity contribution in [2.24, 2.45) is 16.8 Å². The van der Waals surface area contributed by atoms with Crippen molar-refractivity contribution in [1.82, 2.24) is 0 Å². The van der Waals surface area contributed by atoms with Crippen LogP contribution in [0.1, 0.15) is 33.6 Å². The summed E-state index contributed by atoms with van der Waals surface area (Å²) in [6.07, 6.45) is 1.65. The molecule has 0 aliphatic heterocycles. The highest BCUT2D eigenvalue weighted by Gasteiger charge is 2.06. The number of hydrogen-bond donors (Lipinski definition) is 2. The molecule has 0 bridgehead atoms. The normalized spacial score (nSPS) is 14.9. The first kappa shape index (κ1) is 12.2. The second-order valence-electron chi connectivity index (χ2n) is 3.51. The summed E-state index contributed by atoms with van der Waals surface area (Å²) in [5.41, 5.74) is 5.29. The number of ether oxygens (including phenoxy) is 1. The van der Waals surface area contributed by atoms with E-state index in [1.807, 2.05) is 6.92 Å². The Morgan fingerprint density at radius 3 is 2.54 bits per heavy atom. The Kier molecular flexibility index (Phi) is 6.32. The van der Waals surface area contributed by atoms with Gasteiger partial charge in [-0.25, -0.2) is 0 Å². The Morgan fingerprint density at radius 1 is 1.46 bits per heavy atom. The van der Waals surface area contributed by atoms with E-state index >= 15 is 0 Å². The van der Waals surface area contributed by atoms with Crippen LogP contribution in [0.4, 0.5) is 0 Å². The van der Waals surface area contributed by atoms with E-state index in [2.05, 4.69) is 19.0 Å². The molecule has 0 aromatic carbocycles. The largest absolute Gasteiger partial charge is 0.409 e. The number of oxime groups is 1. The van der Waals surface area contributed by atoms with Gasteiger partial charge in [-0.2, -0.15) is 0 Å². The average molecular weight is 188 g/mol. The fourth-order valence-electron chi connectivity index (χ4n) is 0.765. The summed E-state index contributed by atoms with van der Waals surface area (Å²) in [5.74, 6) is 0.796. The van der Waals surface area contributed by atoms with Crippen LogP contribution in [-0.4, -0.2) is 23.8 Å². The minimum Gasteiger partial charge on any atom is -0.409 e. The van der Waals surface area contributed by atoms with Gasteiger partial charge in [0.2, 0.25) is 0 Å². The van der Waals surface area contributed by atoms with Crippen LogP contribution in [0.15, 0.2) is 5.16 Å². The topological polar surface area (TPSA) is 67.8 Å². The van der Waals surface area contributed by atoms with Crippen molar-refractivity contribution < 1.29 is 9.94 Å². The van der Waals surface area contributed by atoms with E-state index in [1.165, 1.54) is 0 Å². The molecule has 3 N–H and O–H groups in total. The molecule has 0 amide bonds. The van der Waals surface area contributed by atoms with Crippen molar-refractivity contribution >= 4 is 5.84 Å². The van der Waals surface area contributed by atoms with Gasteiger partial charge in [0, 0.05) is 13.0 Å². The van der Waals surface area contributed by atoms with E-state index in [1.54, 1.807) is 0 Å². The Bertz CT molecular complexity index is 158. The molecule has 0 aliphatic rings. The van der Waals surface area contributed by atoms with Crippen molar-refractivity contribution in [3.05, 3.63) is 0 Å². The minimum absolute atomic E-state index is 0.265. The van der Waals surface area contributed by atoms with E-state index in [9.17, 15) is 0 Å². The second-order valence-corrected chi connectivity index (χ2v) is 3.51. The summed E-state index contributed by atoms with van der Waals surface area (Å²) >= 11 is 0. The highest BCUT2D eigenvalue weighted by molar-refractivity contribution is 5.79. The number of rotatable bonds is 6. The maximum atomic E-state index is 8.25. The van der Waals surface area contributed by atoms with Gasteiger partial charge in [0.25, 0.3) is 0 Å². The first-order valence-electron chi connectivity index (χ1n) is 4.66. The first-order valence-corrected chi connectivity index (χ1v) is 4.66. The maximum absolute atomic E-state index is 8.25. The molecule has 0 fully saturated rings. The summed E-state index contributed by atoms with van der Waals surface area (Å²) in [5, 5.41) is 11.1. The van der Waals surface area contributed by atoms with Gasteiger partial charge in [0.05, 0.1) is 6.10 Å². The number of amidine groups is 1. The van der Waals surface area contributed by atoms with Crippen LogP contribution in [-0.2, 0) is 4.74 Å². The molecule has 4 heteroatoms. The van der Waals surface area contributed by atoms with Crippen molar-refractivity contribution in [1.29, 1.82) is 0 Å². The predicted molar refractivity (Wildman–Crippen MR) is 52.9 cm³/mol. The summed E-state index contributed by atoms with van der Waals surface area (Å²) in [7, 11) is 0. The van der Waals surface area contributed by atoms with Gasteiger partial charge in [0.1, 0.15) is 5.84 Å². The SMILES string of the molecule is CC(C)C(C)OCCCC(N)=NO. The van der Waals surface area contributed by atoms with Crippen LogP contribution in [0, 0.1) is 5.92 Å². The lowest BCUT2D eigenvalue weighted by Gasteiger charge is -2.16. The third-order valence-corrected chi connectivity index (χ3v) is 2.03. The van der Waals surface area contributed by atoms with Crippen LogP contribution < -0.4 is 5.73 Å². The summed E-state index contributed by atoms with van der Waals surface area (Å²) in [6.45, 7) is 6.95. The standard InChI is InChI=1S/C9H20N2O2/c1-7(2)8(3)13-6-4-5-9(10)11-12/h7-8,12H,4-6H2,1-3H3,(H2,10,11). The zero-order chi connectivity index (χ0) is 10.3. The molecule has 0 aromatic heterocycles. The zero-order valence-corrected chi connectivity index (χ0v) is 8.66. The van der Waals surface area contributed by atoms with E-state index < -0.39 is 0 Å². The van der Waals surface area contributed by atoms with Gasteiger partial charge in [-0.15, -0.1) is 0 Å². The molecule has 0 saturated carbocycles. The average Bonchev–Trinajstić information content (AvgIpc) is 2.11. The van der Waals surface area contributed by atoms with Gasteiger partial charge >= 0.3 is 0 Å². The van der Waals surface area contributed by atoms with Crippen molar-refractivity contribution in [2.75, 3.05) is 6.61 Å². The number of nitrogens with zero attached hydrogens (tertiary/aromatic N) is 1. The molecule has 0 saturated heterocycles. The van der Waals surface area contributed by atoms with E-state index in [0.717, 1.165) is 6.42 Å². The summed E-state index contributed by atoms with van der Waals surface area (Å²) < 4.78 is 5.51. The van der Waals surface area contributed by atoms with E-state index in [4.69, 9.17) is 15.7 Å². The number of nitrogens with two attached hydrogens (primary N) is 1. The molecule has 0 radical (unpaired) electrons. The van der Waals surface area contributed by atoms with E-state index in [-0.39, 0.29) is 11.9 Å². The van der Waals surface area contributed by atoms with Gasteiger partial charge < -0.3 is 15.7 Å². The van der Waals surface area contributed by atoms with Crippen LogP contribution in [0.25, 0.3) is 0 Å². The Morgan fingerprint density at radius 2 is 2.08 bits per heavy atom. The van der Waals surface area contributed by atoms with Gasteiger partial charge in [0.15, 0.2) is 0 Å². The second kappa shape index (κ2) is 6.71. The molecule has 0 aliphatic carbocycles. The Balaban J connectivity index is 3.36. The first-order chi connectivity index (χ1) is 6.07. The molecule has 0 heterocycles. The highest BCUT2D eigenvalue weighted by atomic mass is 16.5. The minimum atomic E-state index is 0.265. The van der Waals surface area contributed by atoms with Crippen molar-refractivity contribution in [3.63, 3.8) is 0 Å². The zero-order valence-electron chi connectivity index (χ0n) is 8.66. The van der Waals surface area contributed by atoms with Crippen LogP contribution in [0.2, 0.25) is 0 Å². The lowest BCUT2D eigenvalue weighted by molar-refractivity contribution is 0.0348. The molecule has 13 heavy (non-hydrogen) atoms. The molecule has 4 nitrogen and oxygen atoms in total. The van der Waals surface area contributed by atoms with Crippen molar-refractivity contribution in [2.45, 2.75) is 39.7 Å². The lowest BCUT2D eigenvalue weighted by Crippen LogP contribution is -2.17. The molecule has 1 atom stereocenters. The monoisotopic (exact) mass is 188 g/mol. The molecule has 78 valence electrons. The molecule has 0 rings (SSSR count). The Labute approximate surface area is 79.8 Å². The molecule has 0 spiro atoms. The summed E-state index contributed by atoms with van der Waals surface area (Å²) in [4.78, 5) is 0. The smallest absolute Gasteiger partial charge is 0.139 e. The van der Waals surface area contributed by atoms with Crippen LogP contribution >= 0.6 is 0 Å². The maximum Gasteiger partial charge on any atom is 0.139 e. The quantitative estimate of drug-likeness (QED) is 0.218.